The Bertz CT molecular complexity index is 2000. The van der Waals surface area contributed by atoms with Crippen LogP contribution < -0.4 is 0 Å². The van der Waals surface area contributed by atoms with Gasteiger partial charge < -0.3 is 0 Å². The second-order valence-electron chi connectivity index (χ2n) is 10.9. The fourth-order valence-corrected chi connectivity index (χ4v) is 6.59. The fourth-order valence-electron chi connectivity index (χ4n) is 6.59. The summed E-state index contributed by atoms with van der Waals surface area (Å²) < 4.78 is 2.27. The number of aromatic nitrogens is 2. The Morgan fingerprint density at radius 1 is 0.675 bits per heavy atom. The summed E-state index contributed by atoms with van der Waals surface area (Å²) in [4.78, 5) is 4.99. The van der Waals surface area contributed by atoms with E-state index in [0.29, 0.717) is 11.8 Å². The number of fused-ring (bicyclic) bond motifs is 5. The van der Waals surface area contributed by atoms with Crippen molar-refractivity contribution in [2.45, 2.75) is 12.8 Å². The molecule has 40 heavy (non-hydrogen) atoms. The number of imidazole rings is 1. The van der Waals surface area contributed by atoms with Crippen LogP contribution in [0.1, 0.15) is 29.5 Å². The number of benzene rings is 5. The molecule has 2 aliphatic carbocycles. The Kier molecular flexibility index (Phi) is 5.21. The number of rotatable bonds is 3. The van der Waals surface area contributed by atoms with E-state index in [4.69, 9.17) is 4.98 Å². The van der Waals surface area contributed by atoms with Gasteiger partial charge in [-0.05, 0) is 68.8 Å². The van der Waals surface area contributed by atoms with Crippen LogP contribution in [0.5, 0.6) is 0 Å². The maximum absolute atomic E-state index is 4.99. The third-order valence-electron chi connectivity index (χ3n) is 8.56. The third-order valence-corrected chi connectivity index (χ3v) is 8.56. The second-order valence-corrected chi connectivity index (χ2v) is 10.9. The van der Waals surface area contributed by atoms with Crippen molar-refractivity contribution in [2.24, 2.45) is 5.92 Å². The van der Waals surface area contributed by atoms with E-state index >= 15 is 0 Å². The molecule has 0 spiro atoms. The van der Waals surface area contributed by atoms with Crippen LogP contribution in [0, 0.1) is 5.92 Å². The van der Waals surface area contributed by atoms with Gasteiger partial charge in [0, 0.05) is 17.2 Å². The molecule has 0 saturated heterocycles. The highest BCUT2D eigenvalue weighted by atomic mass is 15.1. The van der Waals surface area contributed by atoms with Gasteiger partial charge in [-0.1, -0.05) is 122 Å². The Balaban J connectivity index is 1.18. The van der Waals surface area contributed by atoms with E-state index in [1.165, 1.54) is 38.6 Å². The molecule has 0 bridgehead atoms. The highest BCUT2D eigenvalue weighted by Gasteiger charge is 2.29. The second kappa shape index (κ2) is 9.07. The van der Waals surface area contributed by atoms with Gasteiger partial charge in [-0.15, -0.1) is 0 Å². The standard InChI is InChI=1S/C38H28N2/c1-25-33-22-19-29(23-31(33)24-30-16-15-27-9-5-6-12-34(27)37(25)30)26-17-20-32(21-18-26)40-36-14-8-7-13-35(36)39-38(40)28-10-3-2-4-11-28/h2-25,33H,1H3. The number of hydrogen-bond acceptors (Lipinski definition) is 1. The Morgan fingerprint density at radius 3 is 2.33 bits per heavy atom. The van der Waals surface area contributed by atoms with E-state index < -0.39 is 0 Å². The first-order chi connectivity index (χ1) is 19.7. The molecule has 1 heterocycles. The third kappa shape index (κ3) is 3.60. The van der Waals surface area contributed by atoms with Gasteiger partial charge in [0.1, 0.15) is 5.82 Å². The zero-order valence-electron chi connectivity index (χ0n) is 22.3. The van der Waals surface area contributed by atoms with E-state index in [9.17, 15) is 0 Å². The largest absolute Gasteiger partial charge is 0.292 e. The molecule has 2 aliphatic rings. The summed E-state index contributed by atoms with van der Waals surface area (Å²) in [5.41, 5.74) is 11.0. The van der Waals surface area contributed by atoms with Crippen LogP contribution in [0.15, 0.2) is 139 Å². The van der Waals surface area contributed by atoms with Crippen molar-refractivity contribution in [3.8, 4) is 17.1 Å². The Hall–Kier alpha value is -4.95. The number of para-hydroxylation sites is 2. The van der Waals surface area contributed by atoms with E-state index in [0.717, 1.165) is 28.1 Å². The van der Waals surface area contributed by atoms with Crippen molar-refractivity contribution < 1.29 is 0 Å². The quantitative estimate of drug-likeness (QED) is 0.231. The van der Waals surface area contributed by atoms with Gasteiger partial charge in [0.05, 0.1) is 11.0 Å². The molecule has 2 nitrogen and oxygen atoms in total. The lowest BCUT2D eigenvalue weighted by atomic mass is 9.71. The van der Waals surface area contributed by atoms with Crippen LogP contribution in [-0.4, -0.2) is 9.55 Å². The smallest absolute Gasteiger partial charge is 0.145 e. The van der Waals surface area contributed by atoms with Crippen molar-refractivity contribution in [1.29, 1.82) is 0 Å². The van der Waals surface area contributed by atoms with Crippen molar-refractivity contribution in [1.82, 2.24) is 9.55 Å². The van der Waals surface area contributed by atoms with Gasteiger partial charge in [0.2, 0.25) is 0 Å². The first kappa shape index (κ1) is 23.0. The zero-order valence-corrected chi connectivity index (χ0v) is 22.3. The van der Waals surface area contributed by atoms with E-state index in [-0.39, 0.29) is 0 Å². The summed E-state index contributed by atoms with van der Waals surface area (Å²) in [7, 11) is 0. The molecule has 0 amide bonds. The highest BCUT2D eigenvalue weighted by molar-refractivity contribution is 5.92. The topological polar surface area (TPSA) is 17.8 Å². The van der Waals surface area contributed by atoms with Gasteiger partial charge in [0.15, 0.2) is 0 Å². The normalized spacial score (nSPS) is 17.8. The maximum atomic E-state index is 4.99. The van der Waals surface area contributed by atoms with Gasteiger partial charge in [-0.2, -0.15) is 0 Å². The van der Waals surface area contributed by atoms with Crippen molar-refractivity contribution in [3.05, 3.63) is 156 Å². The SMILES string of the molecule is CC1c2c(ccc3ccccc23)C=C2C=C(c3ccc(-n4c(-c5ccccc5)nc5ccccc54)cc3)C=CC21. The minimum absolute atomic E-state index is 0.395. The molecule has 8 rings (SSSR count). The molecule has 2 heteroatoms. The first-order valence-electron chi connectivity index (χ1n) is 14.0. The molecule has 1 aromatic heterocycles. The molecule has 0 saturated carbocycles. The van der Waals surface area contributed by atoms with Crippen molar-refractivity contribution in [2.75, 3.05) is 0 Å². The molecule has 0 radical (unpaired) electrons. The highest BCUT2D eigenvalue weighted by Crippen LogP contribution is 2.45. The molecule has 6 aromatic rings. The number of allylic oxidation sites excluding steroid dienone is 5. The average molecular weight is 513 g/mol. The van der Waals surface area contributed by atoms with E-state index in [2.05, 4.69) is 139 Å². The average Bonchev–Trinajstić information content (AvgIpc) is 3.41. The van der Waals surface area contributed by atoms with Crippen LogP contribution in [0.4, 0.5) is 0 Å². The Morgan fingerprint density at radius 2 is 1.45 bits per heavy atom. The molecule has 0 aliphatic heterocycles. The molecule has 0 N–H and O–H groups in total. The van der Waals surface area contributed by atoms with Gasteiger partial charge in [-0.25, -0.2) is 4.98 Å². The van der Waals surface area contributed by atoms with Crippen LogP contribution in [0.25, 0.3) is 50.5 Å². The van der Waals surface area contributed by atoms with E-state index in [1.54, 1.807) is 0 Å². The molecular weight excluding hydrogens is 484 g/mol. The minimum Gasteiger partial charge on any atom is -0.292 e. The maximum Gasteiger partial charge on any atom is 0.145 e. The van der Waals surface area contributed by atoms with Gasteiger partial charge in [0.25, 0.3) is 0 Å². The van der Waals surface area contributed by atoms with Crippen LogP contribution in [0.3, 0.4) is 0 Å². The van der Waals surface area contributed by atoms with Crippen LogP contribution in [-0.2, 0) is 0 Å². The predicted octanol–water partition coefficient (Wildman–Crippen LogP) is 9.62. The lowest BCUT2D eigenvalue weighted by molar-refractivity contribution is 0.622. The number of nitrogens with zero attached hydrogens (tertiary/aromatic N) is 2. The summed E-state index contributed by atoms with van der Waals surface area (Å²) >= 11 is 0. The van der Waals surface area contributed by atoms with Crippen molar-refractivity contribution in [3.63, 3.8) is 0 Å². The molecule has 0 fully saturated rings. The summed E-state index contributed by atoms with van der Waals surface area (Å²) in [6.07, 6.45) is 9.50. The molecular formula is C38H28N2. The lowest BCUT2D eigenvalue weighted by Crippen LogP contribution is -2.17. The summed E-state index contributed by atoms with van der Waals surface area (Å²) in [6.45, 7) is 2.38. The molecule has 5 aromatic carbocycles. The van der Waals surface area contributed by atoms with Gasteiger partial charge in [-0.3, -0.25) is 4.57 Å². The Labute approximate surface area is 234 Å². The molecule has 2 atom stereocenters. The summed E-state index contributed by atoms with van der Waals surface area (Å²) in [5.74, 6) is 1.79. The predicted molar refractivity (Wildman–Crippen MR) is 167 cm³/mol. The monoisotopic (exact) mass is 512 g/mol. The first-order valence-corrected chi connectivity index (χ1v) is 14.0. The zero-order chi connectivity index (χ0) is 26.6. The fraction of sp³-hybridized carbons (Fsp3) is 0.0789. The van der Waals surface area contributed by atoms with Crippen molar-refractivity contribution >= 4 is 33.5 Å². The van der Waals surface area contributed by atoms with Crippen LogP contribution in [0.2, 0.25) is 0 Å². The molecule has 2 unspecified atom stereocenters. The van der Waals surface area contributed by atoms with Crippen LogP contribution >= 0.6 is 0 Å². The summed E-state index contributed by atoms with van der Waals surface area (Å²) in [6, 6.07) is 41.0. The lowest BCUT2D eigenvalue weighted by Gasteiger charge is -2.32. The summed E-state index contributed by atoms with van der Waals surface area (Å²) in [5, 5.41) is 2.70. The minimum atomic E-state index is 0.395. The van der Waals surface area contributed by atoms with E-state index in [1.807, 2.05) is 12.1 Å². The number of hydrogen-bond donors (Lipinski definition) is 0. The van der Waals surface area contributed by atoms with Gasteiger partial charge >= 0.3 is 0 Å². The molecule has 190 valence electrons.